The van der Waals surface area contributed by atoms with Gasteiger partial charge in [0.25, 0.3) is 5.91 Å². The summed E-state index contributed by atoms with van der Waals surface area (Å²) in [6, 6.07) is 5.10. The molecular formula is C21H28N2O6S. The van der Waals surface area contributed by atoms with Crippen molar-refractivity contribution in [2.24, 2.45) is 0 Å². The first kappa shape index (κ1) is 21.1. The van der Waals surface area contributed by atoms with E-state index >= 15 is 0 Å². The molecule has 1 aliphatic carbocycles. The number of benzene rings is 1. The van der Waals surface area contributed by atoms with Gasteiger partial charge in [0, 0.05) is 32.2 Å². The molecule has 1 saturated carbocycles. The number of carbonyl (C=O) groups excluding carboxylic acids is 2. The fourth-order valence-corrected chi connectivity index (χ4v) is 5.37. The van der Waals surface area contributed by atoms with E-state index in [1.807, 2.05) is 0 Å². The van der Waals surface area contributed by atoms with Crippen molar-refractivity contribution < 1.29 is 27.5 Å². The number of sulfonamides is 1. The molecule has 0 atom stereocenters. The molecule has 0 N–H and O–H groups in total. The highest BCUT2D eigenvalue weighted by atomic mass is 32.2. The van der Waals surface area contributed by atoms with E-state index in [0.717, 1.165) is 25.7 Å². The molecule has 2 aliphatic heterocycles. The van der Waals surface area contributed by atoms with E-state index in [0.29, 0.717) is 49.7 Å². The fourth-order valence-electron chi connectivity index (χ4n) is 4.54. The number of carbonyl (C=O) groups is 2. The summed E-state index contributed by atoms with van der Waals surface area (Å²) in [7, 11) is -3.23. The van der Waals surface area contributed by atoms with E-state index in [2.05, 4.69) is 0 Å². The van der Waals surface area contributed by atoms with Crippen molar-refractivity contribution in [3.8, 4) is 11.5 Å². The van der Waals surface area contributed by atoms with Gasteiger partial charge in [-0.05, 0) is 37.8 Å². The Bertz CT molecular complexity index is 931. The van der Waals surface area contributed by atoms with Gasteiger partial charge < -0.3 is 14.4 Å². The Morgan fingerprint density at radius 3 is 2.50 bits per heavy atom. The lowest BCUT2D eigenvalue weighted by Gasteiger charge is -2.40. The van der Waals surface area contributed by atoms with Gasteiger partial charge in [0.1, 0.15) is 17.1 Å². The molecule has 9 heteroatoms. The predicted octanol–water partition coefficient (Wildman–Crippen LogP) is 1.84. The van der Waals surface area contributed by atoms with Crippen LogP contribution in [0.5, 0.6) is 11.5 Å². The summed E-state index contributed by atoms with van der Waals surface area (Å²) >= 11 is 0. The van der Waals surface area contributed by atoms with Crippen LogP contribution in [0.4, 0.5) is 0 Å². The van der Waals surface area contributed by atoms with Gasteiger partial charge in [-0.2, -0.15) is 4.31 Å². The highest BCUT2D eigenvalue weighted by Gasteiger charge is 2.41. The van der Waals surface area contributed by atoms with Crippen molar-refractivity contribution in [3.63, 3.8) is 0 Å². The number of rotatable bonds is 4. The minimum absolute atomic E-state index is 0.101. The molecule has 1 amide bonds. The maximum Gasteiger partial charge on any atom is 0.260 e. The van der Waals surface area contributed by atoms with E-state index < -0.39 is 15.6 Å². The fraction of sp³-hybridized carbons (Fsp3) is 0.619. The topological polar surface area (TPSA) is 93.2 Å². The monoisotopic (exact) mass is 436 g/mol. The number of ketones is 1. The highest BCUT2D eigenvalue weighted by Crippen LogP contribution is 2.42. The van der Waals surface area contributed by atoms with Gasteiger partial charge in [-0.15, -0.1) is 0 Å². The summed E-state index contributed by atoms with van der Waals surface area (Å²) in [6.45, 7) is 1.14. The molecule has 4 rings (SSSR count). The van der Waals surface area contributed by atoms with Crippen molar-refractivity contribution in [1.29, 1.82) is 0 Å². The van der Waals surface area contributed by atoms with Gasteiger partial charge in [0.05, 0.1) is 18.2 Å². The SMILES string of the molecule is CS(=O)(=O)N1CCN(C(=O)COc2ccc3c(c2)OC2(CCCCC2)CC3=O)CC1. The van der Waals surface area contributed by atoms with Gasteiger partial charge >= 0.3 is 0 Å². The molecule has 0 unspecified atom stereocenters. The molecule has 1 saturated heterocycles. The van der Waals surface area contributed by atoms with Crippen molar-refractivity contribution in [1.82, 2.24) is 9.21 Å². The Balaban J connectivity index is 1.37. The molecule has 0 aromatic heterocycles. The first-order valence-corrected chi connectivity index (χ1v) is 12.3. The molecule has 0 bridgehead atoms. The van der Waals surface area contributed by atoms with Crippen LogP contribution in [0.2, 0.25) is 0 Å². The summed E-state index contributed by atoms with van der Waals surface area (Å²) < 4.78 is 36.5. The summed E-state index contributed by atoms with van der Waals surface area (Å²) in [5.74, 6) is 0.934. The van der Waals surface area contributed by atoms with Crippen molar-refractivity contribution in [2.45, 2.75) is 44.1 Å². The van der Waals surface area contributed by atoms with Crippen LogP contribution in [0.1, 0.15) is 48.9 Å². The number of hydrogen-bond acceptors (Lipinski definition) is 6. The van der Waals surface area contributed by atoms with Crippen LogP contribution in [0.25, 0.3) is 0 Å². The number of ether oxygens (including phenoxy) is 2. The highest BCUT2D eigenvalue weighted by molar-refractivity contribution is 7.88. The van der Waals surface area contributed by atoms with Gasteiger partial charge in [0.15, 0.2) is 12.4 Å². The van der Waals surface area contributed by atoms with Crippen molar-refractivity contribution in [2.75, 3.05) is 39.0 Å². The minimum atomic E-state index is -3.23. The lowest BCUT2D eigenvalue weighted by Crippen LogP contribution is -2.51. The Morgan fingerprint density at radius 1 is 1.13 bits per heavy atom. The van der Waals surface area contributed by atoms with Crippen LogP contribution < -0.4 is 9.47 Å². The molecule has 164 valence electrons. The first-order chi connectivity index (χ1) is 14.3. The molecule has 1 aromatic carbocycles. The van der Waals surface area contributed by atoms with Crippen LogP contribution in [-0.4, -0.2) is 74.0 Å². The Hall–Kier alpha value is -2.13. The third-order valence-electron chi connectivity index (χ3n) is 6.25. The zero-order valence-electron chi connectivity index (χ0n) is 17.3. The number of nitrogens with zero attached hydrogens (tertiary/aromatic N) is 2. The molecule has 8 nitrogen and oxygen atoms in total. The Kier molecular flexibility index (Phi) is 5.76. The van der Waals surface area contributed by atoms with Crippen molar-refractivity contribution >= 4 is 21.7 Å². The number of piperazine rings is 1. The van der Waals surface area contributed by atoms with Crippen LogP contribution in [0, 0.1) is 0 Å². The molecule has 3 aliphatic rings. The van der Waals surface area contributed by atoms with Crippen LogP contribution in [-0.2, 0) is 14.8 Å². The van der Waals surface area contributed by atoms with E-state index in [9.17, 15) is 18.0 Å². The largest absolute Gasteiger partial charge is 0.486 e. The van der Waals surface area contributed by atoms with Gasteiger partial charge in [-0.3, -0.25) is 9.59 Å². The zero-order chi connectivity index (χ0) is 21.4. The lowest BCUT2D eigenvalue weighted by molar-refractivity contribution is -0.134. The van der Waals surface area contributed by atoms with E-state index in [-0.39, 0.29) is 18.3 Å². The van der Waals surface area contributed by atoms with Crippen molar-refractivity contribution in [3.05, 3.63) is 23.8 Å². The number of hydrogen-bond donors (Lipinski definition) is 0. The second kappa shape index (κ2) is 8.19. The molecular weight excluding hydrogens is 408 g/mol. The second-order valence-corrected chi connectivity index (χ2v) is 10.4. The number of Topliss-reactive ketones (excluding diaryl/α,β-unsaturated/α-hetero) is 1. The van der Waals surface area contributed by atoms with E-state index in [4.69, 9.17) is 9.47 Å². The van der Waals surface area contributed by atoms with Crippen LogP contribution in [0.15, 0.2) is 18.2 Å². The summed E-state index contributed by atoms with van der Waals surface area (Å²) in [5.41, 5.74) is 0.178. The maximum absolute atomic E-state index is 12.6. The van der Waals surface area contributed by atoms with Crippen LogP contribution >= 0.6 is 0 Å². The number of fused-ring (bicyclic) bond motifs is 1. The number of amides is 1. The van der Waals surface area contributed by atoms with E-state index in [1.54, 1.807) is 23.1 Å². The Morgan fingerprint density at radius 2 is 1.83 bits per heavy atom. The molecule has 1 spiro atoms. The van der Waals surface area contributed by atoms with Gasteiger partial charge in [-0.25, -0.2) is 8.42 Å². The average molecular weight is 437 g/mol. The zero-order valence-corrected chi connectivity index (χ0v) is 18.1. The molecule has 2 fully saturated rings. The molecule has 2 heterocycles. The summed E-state index contributed by atoms with van der Waals surface area (Å²) in [5, 5.41) is 0. The van der Waals surface area contributed by atoms with E-state index in [1.165, 1.54) is 17.0 Å². The molecule has 30 heavy (non-hydrogen) atoms. The van der Waals surface area contributed by atoms with Crippen LogP contribution in [0.3, 0.4) is 0 Å². The Labute approximate surface area is 177 Å². The normalized spacial score (nSPS) is 21.8. The van der Waals surface area contributed by atoms with Gasteiger partial charge in [-0.1, -0.05) is 6.42 Å². The smallest absolute Gasteiger partial charge is 0.260 e. The average Bonchev–Trinajstić information content (AvgIpc) is 2.71. The molecule has 0 radical (unpaired) electrons. The predicted molar refractivity (Wildman–Crippen MR) is 110 cm³/mol. The lowest BCUT2D eigenvalue weighted by atomic mass is 9.78. The molecule has 1 aromatic rings. The summed E-state index contributed by atoms with van der Waals surface area (Å²) in [4.78, 5) is 26.7. The maximum atomic E-state index is 12.6. The third kappa shape index (κ3) is 4.46. The second-order valence-electron chi connectivity index (χ2n) is 8.44. The summed E-state index contributed by atoms with van der Waals surface area (Å²) in [6.07, 6.45) is 6.70. The first-order valence-electron chi connectivity index (χ1n) is 10.5. The quantitative estimate of drug-likeness (QED) is 0.715. The third-order valence-corrected chi connectivity index (χ3v) is 7.55. The standard InChI is InChI=1S/C21H28N2O6S/c1-30(26,27)23-11-9-22(10-12-23)20(25)15-28-16-5-6-17-18(24)14-21(29-19(17)13-16)7-3-2-4-8-21/h5-6,13H,2-4,7-12,14-15H2,1H3. The minimum Gasteiger partial charge on any atom is -0.486 e. The van der Waals surface area contributed by atoms with Gasteiger partial charge in [0.2, 0.25) is 10.0 Å².